The van der Waals surface area contributed by atoms with E-state index in [0.717, 1.165) is 12.1 Å². The van der Waals surface area contributed by atoms with Crippen LogP contribution in [0.2, 0.25) is 0 Å². The van der Waals surface area contributed by atoms with E-state index >= 15 is 0 Å². The van der Waals surface area contributed by atoms with Crippen LogP contribution in [0.25, 0.3) is 0 Å². The molecule has 20 heavy (non-hydrogen) atoms. The molecular weight excluding hydrogens is 269 g/mol. The lowest BCUT2D eigenvalue weighted by Gasteiger charge is -2.18. The summed E-state index contributed by atoms with van der Waals surface area (Å²) in [5.74, 6) is 0.825. The summed E-state index contributed by atoms with van der Waals surface area (Å²) in [7, 11) is 0. The van der Waals surface area contributed by atoms with Gasteiger partial charge in [-0.25, -0.2) is 0 Å². The van der Waals surface area contributed by atoms with E-state index in [4.69, 9.17) is 4.74 Å². The molecule has 0 unspecified atom stereocenters. The molecule has 0 aliphatic carbocycles. The van der Waals surface area contributed by atoms with Gasteiger partial charge in [-0.2, -0.15) is 18.3 Å². The molecule has 0 N–H and O–H groups in total. The molecule has 0 atom stereocenters. The highest BCUT2D eigenvalue weighted by molar-refractivity contribution is 5.32. The van der Waals surface area contributed by atoms with Crippen LogP contribution in [0.15, 0.2) is 36.7 Å². The Hall–Kier alpha value is -1.98. The minimum atomic E-state index is -4.34. The van der Waals surface area contributed by atoms with Gasteiger partial charge in [0, 0.05) is 0 Å². The van der Waals surface area contributed by atoms with E-state index in [2.05, 4.69) is 5.10 Å². The molecule has 0 aliphatic heterocycles. The Labute approximate surface area is 115 Å². The molecule has 2 aromatic rings. The minimum absolute atomic E-state index is 0.179. The zero-order chi connectivity index (χ0) is 15.0. The molecule has 0 spiro atoms. The molecule has 0 saturated heterocycles. The highest BCUT2D eigenvalue weighted by atomic mass is 19.4. The van der Waals surface area contributed by atoms with Gasteiger partial charge in [0.2, 0.25) is 0 Å². The van der Waals surface area contributed by atoms with Gasteiger partial charge in [0.1, 0.15) is 5.75 Å². The number of rotatable bonds is 2. The van der Waals surface area contributed by atoms with Gasteiger partial charge in [0.25, 0.3) is 0 Å². The van der Waals surface area contributed by atoms with Crippen LogP contribution in [0.3, 0.4) is 0 Å². The van der Waals surface area contributed by atoms with Crippen LogP contribution in [-0.4, -0.2) is 9.78 Å². The summed E-state index contributed by atoms with van der Waals surface area (Å²) < 4.78 is 44.5. The Bertz CT molecular complexity index is 580. The van der Waals surface area contributed by atoms with E-state index in [1.165, 1.54) is 18.3 Å². The number of halogens is 3. The van der Waals surface area contributed by atoms with Crippen molar-refractivity contribution in [1.29, 1.82) is 0 Å². The molecule has 2 rings (SSSR count). The first-order valence-electron chi connectivity index (χ1n) is 6.06. The summed E-state index contributed by atoms with van der Waals surface area (Å²) in [5, 5.41) is 4.15. The second kappa shape index (κ2) is 4.85. The average molecular weight is 284 g/mol. The van der Waals surface area contributed by atoms with Crippen LogP contribution in [0.1, 0.15) is 26.3 Å². The largest absolute Gasteiger partial charge is 0.454 e. The lowest BCUT2D eigenvalue weighted by molar-refractivity contribution is -0.137. The van der Waals surface area contributed by atoms with Crippen LogP contribution in [0.5, 0.6) is 11.5 Å². The first kappa shape index (κ1) is 14.4. The number of hydrogen-bond donors (Lipinski definition) is 0. The van der Waals surface area contributed by atoms with Crippen LogP contribution >= 0.6 is 0 Å². The van der Waals surface area contributed by atoms with Crippen molar-refractivity contribution >= 4 is 0 Å². The second-order valence-corrected chi connectivity index (χ2v) is 5.42. The van der Waals surface area contributed by atoms with Gasteiger partial charge in [0.05, 0.1) is 23.5 Å². The fourth-order valence-corrected chi connectivity index (χ4v) is 1.57. The van der Waals surface area contributed by atoms with Crippen LogP contribution in [0, 0.1) is 0 Å². The third-order valence-electron chi connectivity index (χ3n) is 2.66. The van der Waals surface area contributed by atoms with Crippen molar-refractivity contribution in [3.05, 3.63) is 42.2 Å². The lowest BCUT2D eigenvalue weighted by atomic mass is 10.1. The smallest absolute Gasteiger partial charge is 0.416 e. The number of ether oxygens (including phenoxy) is 1. The fourth-order valence-electron chi connectivity index (χ4n) is 1.57. The van der Waals surface area contributed by atoms with Crippen molar-refractivity contribution in [1.82, 2.24) is 9.78 Å². The van der Waals surface area contributed by atoms with E-state index in [0.29, 0.717) is 11.5 Å². The molecule has 3 nitrogen and oxygen atoms in total. The van der Waals surface area contributed by atoms with Crippen LogP contribution in [-0.2, 0) is 11.7 Å². The van der Waals surface area contributed by atoms with Gasteiger partial charge in [0.15, 0.2) is 5.75 Å². The van der Waals surface area contributed by atoms with Crippen LogP contribution in [0.4, 0.5) is 13.2 Å². The number of hydrogen-bond acceptors (Lipinski definition) is 2. The minimum Gasteiger partial charge on any atom is -0.454 e. The van der Waals surface area contributed by atoms with Crippen molar-refractivity contribution < 1.29 is 17.9 Å². The second-order valence-electron chi connectivity index (χ2n) is 5.42. The Morgan fingerprint density at radius 1 is 1.00 bits per heavy atom. The predicted molar refractivity (Wildman–Crippen MR) is 68.7 cm³/mol. The molecule has 1 heterocycles. The summed E-state index contributed by atoms with van der Waals surface area (Å²) in [4.78, 5) is 0. The van der Waals surface area contributed by atoms with Crippen molar-refractivity contribution in [2.24, 2.45) is 0 Å². The van der Waals surface area contributed by atoms with E-state index in [1.807, 2.05) is 20.8 Å². The van der Waals surface area contributed by atoms with Gasteiger partial charge < -0.3 is 4.74 Å². The molecule has 1 aromatic heterocycles. The summed E-state index contributed by atoms with van der Waals surface area (Å²) in [5.41, 5.74) is -0.878. The van der Waals surface area contributed by atoms with Crippen molar-refractivity contribution in [2.45, 2.75) is 32.5 Å². The summed E-state index contributed by atoms with van der Waals surface area (Å²) in [6.07, 6.45) is -1.10. The number of benzene rings is 1. The topological polar surface area (TPSA) is 27.1 Å². The van der Waals surface area contributed by atoms with Crippen molar-refractivity contribution in [2.75, 3.05) is 0 Å². The highest BCUT2D eigenvalue weighted by Crippen LogP contribution is 2.31. The maximum absolute atomic E-state index is 12.4. The number of nitrogens with zero attached hydrogens (tertiary/aromatic N) is 2. The Morgan fingerprint density at radius 3 is 2.05 bits per heavy atom. The Kier molecular flexibility index (Phi) is 3.50. The summed E-state index contributed by atoms with van der Waals surface area (Å²) >= 11 is 0. The first-order chi connectivity index (χ1) is 9.16. The molecule has 0 saturated carbocycles. The molecule has 0 bridgehead atoms. The summed E-state index contributed by atoms with van der Waals surface area (Å²) in [6.45, 7) is 5.96. The number of alkyl halides is 3. The fraction of sp³-hybridized carbons (Fsp3) is 0.357. The first-order valence-corrected chi connectivity index (χ1v) is 6.06. The highest BCUT2D eigenvalue weighted by Gasteiger charge is 2.30. The quantitative estimate of drug-likeness (QED) is 0.814. The van der Waals surface area contributed by atoms with E-state index in [9.17, 15) is 13.2 Å². The zero-order valence-corrected chi connectivity index (χ0v) is 11.4. The molecule has 0 fully saturated rings. The Balaban J connectivity index is 2.13. The number of aromatic nitrogens is 2. The molecule has 0 aliphatic rings. The van der Waals surface area contributed by atoms with Gasteiger partial charge in [-0.1, -0.05) is 0 Å². The third kappa shape index (κ3) is 3.31. The molecule has 0 radical (unpaired) electrons. The van der Waals surface area contributed by atoms with E-state index < -0.39 is 11.7 Å². The van der Waals surface area contributed by atoms with E-state index in [-0.39, 0.29) is 5.54 Å². The molecular formula is C14H15F3N2O. The SMILES string of the molecule is CC(C)(C)n1cc(Oc2ccc(C(F)(F)F)cc2)cn1. The van der Waals surface area contributed by atoms with Gasteiger partial charge in [-0.05, 0) is 45.0 Å². The zero-order valence-electron chi connectivity index (χ0n) is 11.4. The lowest BCUT2D eigenvalue weighted by Crippen LogP contribution is -2.21. The standard InChI is InChI=1S/C14H15F3N2O/c1-13(2,3)19-9-12(8-18-19)20-11-6-4-10(5-7-11)14(15,16)17/h4-9H,1-3H3. The molecule has 6 heteroatoms. The molecule has 1 aromatic carbocycles. The predicted octanol–water partition coefficient (Wildman–Crippen LogP) is 4.45. The molecule has 108 valence electrons. The van der Waals surface area contributed by atoms with Gasteiger partial charge >= 0.3 is 6.18 Å². The maximum Gasteiger partial charge on any atom is 0.416 e. The van der Waals surface area contributed by atoms with Crippen LogP contribution < -0.4 is 4.74 Å². The van der Waals surface area contributed by atoms with Gasteiger partial charge in [-0.3, -0.25) is 4.68 Å². The van der Waals surface area contributed by atoms with E-state index in [1.54, 1.807) is 10.9 Å². The average Bonchev–Trinajstić information content (AvgIpc) is 2.77. The maximum atomic E-state index is 12.4. The van der Waals surface area contributed by atoms with Gasteiger partial charge in [-0.15, -0.1) is 0 Å². The van der Waals surface area contributed by atoms with Crippen molar-refractivity contribution in [3.63, 3.8) is 0 Å². The monoisotopic (exact) mass is 284 g/mol. The summed E-state index contributed by atoms with van der Waals surface area (Å²) in [6, 6.07) is 4.56. The third-order valence-corrected chi connectivity index (χ3v) is 2.66. The normalized spacial score (nSPS) is 12.5. The molecule has 0 amide bonds. The Morgan fingerprint density at radius 2 is 1.60 bits per heavy atom. The van der Waals surface area contributed by atoms with Crippen molar-refractivity contribution in [3.8, 4) is 11.5 Å².